The Labute approximate surface area is 76.3 Å². The highest BCUT2D eigenvalue weighted by atomic mass is 32.2. The van der Waals surface area contributed by atoms with Crippen LogP contribution in [0.5, 0.6) is 0 Å². The molecule has 7 heteroatoms. The topological polar surface area (TPSA) is 112 Å². The summed E-state index contributed by atoms with van der Waals surface area (Å²) in [5.41, 5.74) is 0.185. The number of carbonyl (C=O) groups excluding carboxylic acids is 1. The maximum Gasteiger partial charge on any atom is 0.333 e. The second-order valence-electron chi connectivity index (χ2n) is 2.20. The van der Waals surface area contributed by atoms with E-state index in [1.807, 2.05) is 0 Å². The highest BCUT2D eigenvalue weighted by Gasteiger charge is 2.07. The molecule has 0 aliphatic heterocycles. The summed E-state index contributed by atoms with van der Waals surface area (Å²) in [6, 6.07) is 0. The van der Waals surface area contributed by atoms with Crippen molar-refractivity contribution in [3.05, 3.63) is 12.2 Å². The van der Waals surface area contributed by atoms with Crippen molar-refractivity contribution in [1.82, 2.24) is 0 Å². The summed E-state index contributed by atoms with van der Waals surface area (Å²) in [5, 5.41) is 0. The number of carbonyl (C=O) groups is 1. The van der Waals surface area contributed by atoms with Crippen molar-refractivity contribution in [2.75, 3.05) is 12.4 Å². The molecular formula is C6H12O6S. The minimum absolute atomic E-state index is 0. The van der Waals surface area contributed by atoms with Gasteiger partial charge in [-0.1, -0.05) is 6.58 Å². The summed E-state index contributed by atoms with van der Waals surface area (Å²) in [4.78, 5) is 10.6. The molecule has 3 N–H and O–H groups in total. The molecule has 6 nitrogen and oxygen atoms in total. The van der Waals surface area contributed by atoms with Gasteiger partial charge in [-0.25, -0.2) is 4.79 Å². The minimum atomic E-state index is -4.05. The smallest absolute Gasteiger partial charge is 0.333 e. The van der Waals surface area contributed by atoms with E-state index in [2.05, 4.69) is 11.3 Å². The highest BCUT2D eigenvalue weighted by Crippen LogP contribution is 1.92. The van der Waals surface area contributed by atoms with E-state index in [0.29, 0.717) is 0 Å². The predicted octanol–water partition coefficient (Wildman–Crippen LogP) is -0.831. The molecule has 0 bridgehead atoms. The van der Waals surface area contributed by atoms with Crippen LogP contribution in [0.15, 0.2) is 12.2 Å². The first-order chi connectivity index (χ1) is 5.33. The summed E-state index contributed by atoms with van der Waals surface area (Å²) < 4.78 is 32.9. The van der Waals surface area contributed by atoms with Crippen molar-refractivity contribution in [2.24, 2.45) is 0 Å². The minimum Gasteiger partial charge on any atom is -0.461 e. The van der Waals surface area contributed by atoms with Crippen molar-refractivity contribution in [1.29, 1.82) is 0 Å². The molecule has 0 aliphatic carbocycles. The second kappa shape index (κ2) is 5.68. The van der Waals surface area contributed by atoms with Gasteiger partial charge in [-0.3, -0.25) is 4.55 Å². The molecule has 0 atom stereocenters. The summed E-state index contributed by atoms with van der Waals surface area (Å²) in [6.45, 7) is 4.37. The van der Waals surface area contributed by atoms with E-state index >= 15 is 0 Å². The fourth-order valence-corrected chi connectivity index (χ4v) is 0.657. The van der Waals surface area contributed by atoms with Crippen molar-refractivity contribution in [3.63, 3.8) is 0 Å². The van der Waals surface area contributed by atoms with Crippen LogP contribution in [0.2, 0.25) is 0 Å². The van der Waals surface area contributed by atoms with E-state index in [9.17, 15) is 13.2 Å². The zero-order valence-corrected chi connectivity index (χ0v) is 7.93. The lowest BCUT2D eigenvalue weighted by Crippen LogP contribution is -2.14. The summed E-state index contributed by atoms with van der Waals surface area (Å²) in [6.07, 6.45) is 0. The maximum atomic E-state index is 10.6. The van der Waals surface area contributed by atoms with Gasteiger partial charge in [-0.2, -0.15) is 8.42 Å². The average molecular weight is 212 g/mol. The molecule has 0 rings (SSSR count). The summed E-state index contributed by atoms with van der Waals surface area (Å²) in [5.74, 6) is -1.26. The van der Waals surface area contributed by atoms with E-state index in [0.717, 1.165) is 0 Å². The molecule has 0 spiro atoms. The summed E-state index contributed by atoms with van der Waals surface area (Å²) in [7, 11) is -4.05. The fourth-order valence-electron chi connectivity index (χ4n) is 0.363. The van der Waals surface area contributed by atoms with Gasteiger partial charge in [0.25, 0.3) is 10.1 Å². The van der Waals surface area contributed by atoms with Gasteiger partial charge < -0.3 is 10.2 Å². The van der Waals surface area contributed by atoms with Crippen LogP contribution in [0, 0.1) is 0 Å². The SMILES string of the molecule is C=C(C)C(=O)OCCS(=O)(=O)O.O. The molecule has 0 amide bonds. The number of rotatable bonds is 4. The lowest BCUT2D eigenvalue weighted by atomic mass is 10.4. The van der Waals surface area contributed by atoms with Crippen molar-refractivity contribution < 1.29 is 28.0 Å². The van der Waals surface area contributed by atoms with Crippen LogP contribution in [0.1, 0.15) is 6.92 Å². The van der Waals surface area contributed by atoms with E-state index < -0.39 is 21.8 Å². The van der Waals surface area contributed by atoms with Crippen LogP contribution in [-0.4, -0.2) is 36.8 Å². The molecule has 0 radical (unpaired) electrons. The van der Waals surface area contributed by atoms with Crippen LogP contribution >= 0.6 is 0 Å². The quantitative estimate of drug-likeness (QED) is 0.371. The Morgan fingerprint density at radius 2 is 2.00 bits per heavy atom. The molecule has 0 aromatic rings. The molecule has 0 aromatic heterocycles. The molecule has 13 heavy (non-hydrogen) atoms. The Hall–Kier alpha value is -0.920. The van der Waals surface area contributed by atoms with Gasteiger partial charge in [-0.15, -0.1) is 0 Å². The normalized spacial score (nSPS) is 10.0. The molecule has 0 fully saturated rings. The number of hydrogen-bond donors (Lipinski definition) is 1. The number of ether oxygens (including phenoxy) is 1. The van der Waals surface area contributed by atoms with Crippen LogP contribution in [-0.2, 0) is 19.6 Å². The number of hydrogen-bond acceptors (Lipinski definition) is 4. The monoisotopic (exact) mass is 212 g/mol. The molecule has 0 aromatic carbocycles. The lowest BCUT2D eigenvalue weighted by Gasteiger charge is -2.01. The largest absolute Gasteiger partial charge is 0.461 e. The Bertz CT molecular complexity index is 277. The first-order valence-corrected chi connectivity index (χ1v) is 4.71. The Morgan fingerprint density at radius 3 is 2.31 bits per heavy atom. The van der Waals surface area contributed by atoms with Crippen molar-refractivity contribution in [2.45, 2.75) is 6.92 Å². The standard InChI is InChI=1S/C6H10O5S.H2O/c1-5(2)6(7)11-3-4-12(8,9)10;/h1,3-4H2,2H3,(H,8,9,10);1H2. The van der Waals surface area contributed by atoms with Gasteiger partial charge in [0.15, 0.2) is 0 Å². The first kappa shape index (κ1) is 14.6. The van der Waals surface area contributed by atoms with Crippen LogP contribution in [0.4, 0.5) is 0 Å². The zero-order valence-electron chi connectivity index (χ0n) is 7.11. The Balaban J connectivity index is 0. The lowest BCUT2D eigenvalue weighted by molar-refractivity contribution is -0.138. The van der Waals surface area contributed by atoms with Gasteiger partial charge in [-0.05, 0) is 6.92 Å². The van der Waals surface area contributed by atoms with E-state index in [4.69, 9.17) is 4.55 Å². The third kappa shape index (κ3) is 8.99. The average Bonchev–Trinajstić information content (AvgIpc) is 1.84. The molecular weight excluding hydrogens is 200 g/mol. The number of esters is 1. The van der Waals surface area contributed by atoms with Crippen LogP contribution in [0.25, 0.3) is 0 Å². The van der Waals surface area contributed by atoms with Crippen molar-refractivity contribution in [3.8, 4) is 0 Å². The van der Waals surface area contributed by atoms with Gasteiger partial charge >= 0.3 is 5.97 Å². The Kier molecular flexibility index (Phi) is 6.38. The fraction of sp³-hybridized carbons (Fsp3) is 0.500. The molecule has 78 valence electrons. The van der Waals surface area contributed by atoms with Crippen LogP contribution < -0.4 is 0 Å². The third-order valence-corrected chi connectivity index (χ3v) is 1.61. The van der Waals surface area contributed by atoms with E-state index in [-0.39, 0.29) is 17.7 Å². The van der Waals surface area contributed by atoms with Gasteiger partial charge in [0.05, 0.1) is 0 Å². The van der Waals surface area contributed by atoms with Crippen LogP contribution in [0.3, 0.4) is 0 Å². The predicted molar refractivity (Wildman–Crippen MR) is 45.8 cm³/mol. The Morgan fingerprint density at radius 1 is 1.54 bits per heavy atom. The van der Waals surface area contributed by atoms with E-state index in [1.54, 1.807) is 0 Å². The molecule has 0 unspecified atom stereocenters. The van der Waals surface area contributed by atoms with Gasteiger partial charge in [0, 0.05) is 5.57 Å². The molecule has 0 heterocycles. The van der Waals surface area contributed by atoms with Gasteiger partial charge in [0.1, 0.15) is 12.4 Å². The van der Waals surface area contributed by atoms with Gasteiger partial charge in [0.2, 0.25) is 0 Å². The second-order valence-corrected chi connectivity index (χ2v) is 3.77. The third-order valence-electron chi connectivity index (χ3n) is 0.923. The zero-order chi connectivity index (χ0) is 9.78. The maximum absolute atomic E-state index is 10.6. The first-order valence-electron chi connectivity index (χ1n) is 3.11. The molecule has 0 saturated heterocycles. The van der Waals surface area contributed by atoms with E-state index in [1.165, 1.54) is 6.92 Å². The summed E-state index contributed by atoms with van der Waals surface area (Å²) >= 11 is 0. The molecule has 0 saturated carbocycles. The highest BCUT2D eigenvalue weighted by molar-refractivity contribution is 7.85. The molecule has 0 aliphatic rings. The van der Waals surface area contributed by atoms with Crippen molar-refractivity contribution >= 4 is 16.1 Å².